The van der Waals surface area contributed by atoms with Crippen LogP contribution >= 0.6 is 187 Å². The minimum atomic E-state index is -1.75. The van der Waals surface area contributed by atoms with Crippen LogP contribution in [0.4, 0.5) is 111 Å². The average molecular weight is 2260 g/mol. The molecule has 0 radical (unpaired) electrons. The fourth-order valence-corrected chi connectivity index (χ4v) is 12.9. The molecule has 15 N–H and O–H groups in total. The molecule has 0 aromatic heterocycles. The van der Waals surface area contributed by atoms with Gasteiger partial charge in [0.25, 0.3) is 35.2 Å². The van der Waals surface area contributed by atoms with Gasteiger partial charge in [-0.25, -0.2) is 75.7 Å². The van der Waals surface area contributed by atoms with E-state index in [0.29, 0.717) is 13.2 Å². The Kier molecular flexibility index (Phi) is 34.8. The van der Waals surface area contributed by atoms with E-state index in [4.69, 9.17) is 84.0 Å². The molecular formula is C65H37BrCl5F11I5N11O12. The van der Waals surface area contributed by atoms with E-state index in [-0.39, 0.29) is 76.0 Å². The molecule has 0 atom stereocenters. The van der Waals surface area contributed by atoms with Crippen LogP contribution in [0, 0.1) is 92.0 Å². The number of amides is 5. The minimum absolute atomic E-state index is 0.000795. The number of nitrogens with zero attached hydrogens (tertiary/aromatic N) is 1. The molecule has 0 aliphatic rings. The number of anilines is 10. The topological polar surface area (TPSA) is 350 Å². The van der Waals surface area contributed by atoms with Gasteiger partial charge in [-0.2, -0.15) is 0 Å². The molecule has 0 bridgehead atoms. The minimum Gasteiger partial charge on any atom is -0.352 e. The first-order valence-electron chi connectivity index (χ1n) is 28.6. The van der Waals surface area contributed by atoms with Crippen molar-refractivity contribution < 1.29 is 103 Å². The van der Waals surface area contributed by atoms with Crippen molar-refractivity contribution in [2.24, 2.45) is 0 Å². The molecule has 23 nitrogen and oxygen atoms in total. The predicted octanol–water partition coefficient (Wildman–Crippen LogP) is 21.2. The Morgan fingerprint density at radius 1 is 0.318 bits per heavy atom. The van der Waals surface area contributed by atoms with Crippen molar-refractivity contribution in [1.82, 2.24) is 27.4 Å². The van der Waals surface area contributed by atoms with Crippen molar-refractivity contribution >= 4 is 279 Å². The zero-order chi connectivity index (χ0) is 82.0. The van der Waals surface area contributed by atoms with Crippen LogP contribution in [0.3, 0.4) is 0 Å². The summed E-state index contributed by atoms with van der Waals surface area (Å²) in [6.45, 7) is 0. The number of nitro benzene ring substituents is 1. The first kappa shape index (κ1) is 91.4. The zero-order valence-corrected chi connectivity index (χ0v) is 69.2. The number of carbonyl (C=O) groups is 5. The average Bonchev–Trinajstić information content (AvgIpc) is 0.815. The highest BCUT2D eigenvalue weighted by Gasteiger charge is 2.28. The molecular weight excluding hydrogens is 2230 g/mol. The number of rotatable bonds is 16. The number of nitrogens with one attached hydrogen (secondary N) is 10. The number of hydroxylamine groups is 5. The predicted molar refractivity (Wildman–Crippen MR) is 430 cm³/mol. The smallest absolute Gasteiger partial charge is 0.276 e. The Bertz CT molecular complexity index is 4760. The summed E-state index contributed by atoms with van der Waals surface area (Å²) in [4.78, 5) is 68.0. The van der Waals surface area contributed by atoms with Crippen LogP contribution in [0.2, 0.25) is 25.1 Å². The number of carbonyl (C=O) groups excluding carboxylic acids is 5. The summed E-state index contributed by atoms with van der Waals surface area (Å²) in [7, 11) is 0. The molecule has 10 rings (SSSR count). The van der Waals surface area contributed by atoms with E-state index in [0.717, 1.165) is 47.1 Å². The maximum atomic E-state index is 14.1. The molecule has 578 valence electrons. The third-order valence-electron chi connectivity index (χ3n) is 13.6. The number of halogens is 22. The first-order valence-corrected chi connectivity index (χ1v) is 36.7. The SMILES string of the molecule is O=C(NO)c1cc(Br)c(F)c(F)c1Nc1ccc(I)cc1Cl.O=C(NO)c1cc(Cl)c(F)c(F)c1Nc1ccc(I)cc1Cl.O=C(NO)c1cc(Cl)c(F)c(F)c1Nc1ccc(I)cc1F.O=C(NO)c1cc(F)c(F)c(F)c1Nc1ccc(I)cc1Cl.O=C(NO)c1ccc([N+](=O)[O-])cc1Nc1ccc(I)cc1F. The van der Waals surface area contributed by atoms with Crippen LogP contribution in [-0.4, -0.2) is 60.5 Å². The van der Waals surface area contributed by atoms with E-state index in [1.54, 1.807) is 48.5 Å². The Labute approximate surface area is 711 Å². The summed E-state index contributed by atoms with van der Waals surface area (Å²) in [6, 6.07) is 29.3. The van der Waals surface area contributed by atoms with E-state index < -0.39 is 142 Å². The van der Waals surface area contributed by atoms with Crippen LogP contribution < -0.4 is 54.0 Å². The van der Waals surface area contributed by atoms with Gasteiger partial charge in [-0.05, 0) is 250 Å². The van der Waals surface area contributed by atoms with Gasteiger partial charge in [0.2, 0.25) is 0 Å². The summed E-state index contributed by atoms with van der Waals surface area (Å²) in [5.74, 6) is -19.5. The van der Waals surface area contributed by atoms with Gasteiger partial charge >= 0.3 is 0 Å². The second kappa shape index (κ2) is 41.9. The van der Waals surface area contributed by atoms with E-state index in [1.807, 2.05) is 113 Å². The molecule has 0 saturated carbocycles. The van der Waals surface area contributed by atoms with Crippen LogP contribution in [0.25, 0.3) is 0 Å². The Hall–Kier alpha value is -7.44. The molecule has 5 amide bonds. The van der Waals surface area contributed by atoms with E-state index in [2.05, 4.69) is 42.5 Å². The number of benzene rings is 10. The maximum absolute atomic E-state index is 14.1. The van der Waals surface area contributed by atoms with Crippen molar-refractivity contribution in [2.45, 2.75) is 0 Å². The molecule has 0 aliphatic carbocycles. The van der Waals surface area contributed by atoms with Gasteiger partial charge in [-0.1, -0.05) is 58.0 Å². The molecule has 0 saturated heterocycles. The van der Waals surface area contributed by atoms with Crippen molar-refractivity contribution in [2.75, 3.05) is 26.6 Å². The first-order chi connectivity index (χ1) is 51.8. The summed E-state index contributed by atoms with van der Waals surface area (Å²) in [6.07, 6.45) is 0. The van der Waals surface area contributed by atoms with Gasteiger partial charge in [-0.15, -0.1) is 0 Å². The molecule has 10 aromatic carbocycles. The lowest BCUT2D eigenvalue weighted by Gasteiger charge is -2.14. The molecule has 0 aliphatic heterocycles. The zero-order valence-electron chi connectivity index (χ0n) is 53.1. The number of nitro groups is 1. The second-order valence-corrected chi connectivity index (χ2v) is 29.7. The third-order valence-corrected chi connectivity index (χ3v) is 19.0. The summed E-state index contributed by atoms with van der Waals surface area (Å²) in [5.41, 5.74) is 2.97. The van der Waals surface area contributed by atoms with Gasteiger partial charge in [0.05, 0.1) is 119 Å². The van der Waals surface area contributed by atoms with Crippen molar-refractivity contribution in [3.63, 3.8) is 0 Å². The highest BCUT2D eigenvalue weighted by Crippen LogP contribution is 2.39. The largest absolute Gasteiger partial charge is 0.352 e. The highest BCUT2D eigenvalue weighted by atomic mass is 127. The lowest BCUT2D eigenvalue weighted by atomic mass is 10.1. The number of hydrogen-bond acceptors (Lipinski definition) is 17. The van der Waals surface area contributed by atoms with Gasteiger partial charge in [0, 0.05) is 30.0 Å². The van der Waals surface area contributed by atoms with E-state index in [1.165, 1.54) is 69.9 Å². The number of non-ortho nitro benzene ring substituents is 1. The van der Waals surface area contributed by atoms with Crippen molar-refractivity contribution in [3.05, 3.63) is 283 Å². The van der Waals surface area contributed by atoms with E-state index in [9.17, 15) is 82.4 Å². The van der Waals surface area contributed by atoms with Crippen LogP contribution in [-0.2, 0) is 0 Å². The lowest BCUT2D eigenvalue weighted by molar-refractivity contribution is -0.384. The molecule has 0 fully saturated rings. The van der Waals surface area contributed by atoms with Crippen LogP contribution in [0.15, 0.2) is 138 Å². The molecule has 0 unspecified atom stereocenters. The normalized spacial score (nSPS) is 10.4. The maximum Gasteiger partial charge on any atom is 0.276 e. The Morgan fingerprint density at radius 3 is 0.945 bits per heavy atom. The quantitative estimate of drug-likeness (QED) is 0.0107. The molecule has 0 spiro atoms. The fraction of sp³-hybridized carbons (Fsp3) is 0. The van der Waals surface area contributed by atoms with Crippen molar-refractivity contribution in [3.8, 4) is 0 Å². The summed E-state index contributed by atoms with van der Waals surface area (Å²) in [5, 5.41) is 66.2. The lowest BCUT2D eigenvalue weighted by Crippen LogP contribution is -2.21. The van der Waals surface area contributed by atoms with E-state index >= 15 is 0 Å². The standard InChI is InChI=1S/C13H7BrClF2IN2O2.C13H7Cl2F2IN2O2.2C13H7ClF3IN2O2.C13H9FIN3O4/c14-7-4-6(13(21)20-22)12(11(17)10(7)16)19-9-2-1-5(18)3-8(9)15;14-7-3-5(18)1-2-9(7)19-12-6(13(21)20-22)4-8(15)10(16)11(12)17;14-7-4-6(13(21)20-22)12(11(17)10(7)16)19-9-2-1-5(18)3-8(9)15;14-7-3-5(18)1-2-9(7)19-12-6(13(21)20-22)4-8(15)10(16)11(12)17;14-10-5-7(15)1-4-11(10)16-12-6-8(18(21)22)2-3-9(12)13(19)17-20/h4*1-4,19,22H,(H,20,21);1-6,16,20H,(H,17,19). The molecule has 110 heavy (non-hydrogen) atoms. The molecule has 10 aromatic rings. The monoisotopic (exact) mass is 2260 g/mol. The number of hydrogen-bond donors (Lipinski definition) is 15. The van der Waals surface area contributed by atoms with Gasteiger partial charge < -0.3 is 26.6 Å². The summed E-state index contributed by atoms with van der Waals surface area (Å²) < 4.78 is 155. The highest BCUT2D eigenvalue weighted by molar-refractivity contribution is 14.1. The molecule has 0 heterocycles. The second-order valence-electron chi connectivity index (χ2n) is 20.6. The molecule has 45 heteroatoms. The fourth-order valence-electron chi connectivity index (χ4n) is 8.47. The Morgan fingerprint density at radius 2 is 0.609 bits per heavy atom. The van der Waals surface area contributed by atoms with Gasteiger partial charge in [-0.3, -0.25) is 60.1 Å². The van der Waals surface area contributed by atoms with Crippen LogP contribution in [0.5, 0.6) is 0 Å². The van der Waals surface area contributed by atoms with Crippen LogP contribution in [0.1, 0.15) is 51.8 Å². The van der Waals surface area contributed by atoms with Gasteiger partial charge in [0.15, 0.2) is 52.4 Å². The Balaban J connectivity index is 0.000000215. The van der Waals surface area contributed by atoms with Crippen molar-refractivity contribution in [1.29, 1.82) is 0 Å². The van der Waals surface area contributed by atoms with Gasteiger partial charge in [0.1, 0.15) is 11.6 Å². The summed E-state index contributed by atoms with van der Waals surface area (Å²) >= 11 is 41.7. The third kappa shape index (κ3) is 23.8.